The van der Waals surface area contributed by atoms with Crippen LogP contribution in [0.4, 0.5) is 0 Å². The Balaban J connectivity index is 0.00000242. The maximum absolute atomic E-state index is 5.36. The number of benzene rings is 1. The highest BCUT2D eigenvalue weighted by Crippen LogP contribution is 2.16. The van der Waals surface area contributed by atoms with Gasteiger partial charge in [-0.15, -0.1) is 24.0 Å². The number of rotatable bonds is 6. The summed E-state index contributed by atoms with van der Waals surface area (Å²) in [6, 6.07) is 10.1. The van der Waals surface area contributed by atoms with Crippen molar-refractivity contribution >= 4 is 41.3 Å². The minimum atomic E-state index is 0. The second-order valence-electron chi connectivity index (χ2n) is 4.49. The van der Waals surface area contributed by atoms with E-state index in [1.54, 1.807) is 18.4 Å². The molecule has 0 atom stereocenters. The fraction of sp³-hybridized carbons (Fsp3) is 0.312. The van der Waals surface area contributed by atoms with Gasteiger partial charge in [-0.1, -0.05) is 18.2 Å². The van der Waals surface area contributed by atoms with Gasteiger partial charge >= 0.3 is 0 Å². The SMILES string of the molecule is CCNC(=NCc1ccsc1)NCc1ccccc1OC.I. The molecule has 0 aliphatic rings. The van der Waals surface area contributed by atoms with Gasteiger partial charge in [-0.05, 0) is 35.4 Å². The lowest BCUT2D eigenvalue weighted by molar-refractivity contribution is 0.409. The van der Waals surface area contributed by atoms with Gasteiger partial charge in [0.2, 0.25) is 0 Å². The highest BCUT2D eigenvalue weighted by atomic mass is 127. The Hall–Kier alpha value is -1.28. The molecule has 120 valence electrons. The summed E-state index contributed by atoms with van der Waals surface area (Å²) in [7, 11) is 1.69. The van der Waals surface area contributed by atoms with Crippen LogP contribution in [0.3, 0.4) is 0 Å². The van der Waals surface area contributed by atoms with Gasteiger partial charge in [-0.3, -0.25) is 0 Å². The number of hydrogen-bond acceptors (Lipinski definition) is 3. The Morgan fingerprint density at radius 3 is 2.73 bits per heavy atom. The summed E-state index contributed by atoms with van der Waals surface area (Å²) in [5.41, 5.74) is 2.34. The Kier molecular flexibility index (Phi) is 8.91. The number of halogens is 1. The van der Waals surface area contributed by atoms with E-state index in [2.05, 4.69) is 39.4 Å². The quantitative estimate of drug-likeness (QED) is 0.417. The van der Waals surface area contributed by atoms with Gasteiger partial charge in [0, 0.05) is 18.7 Å². The average molecular weight is 431 g/mol. The molecule has 1 heterocycles. The number of nitrogens with zero attached hydrogens (tertiary/aromatic N) is 1. The van der Waals surface area contributed by atoms with Crippen molar-refractivity contribution < 1.29 is 4.74 Å². The van der Waals surface area contributed by atoms with Crippen molar-refractivity contribution in [2.45, 2.75) is 20.0 Å². The molecule has 2 rings (SSSR count). The van der Waals surface area contributed by atoms with E-state index in [-0.39, 0.29) is 24.0 Å². The first-order valence-electron chi connectivity index (χ1n) is 6.98. The number of hydrogen-bond donors (Lipinski definition) is 2. The van der Waals surface area contributed by atoms with E-state index in [1.165, 1.54) is 5.56 Å². The molecule has 0 aliphatic heterocycles. The fourth-order valence-corrected chi connectivity index (χ4v) is 2.58. The zero-order chi connectivity index (χ0) is 14.9. The third kappa shape index (κ3) is 5.84. The molecular formula is C16H22IN3OS. The van der Waals surface area contributed by atoms with Crippen LogP contribution in [-0.2, 0) is 13.1 Å². The lowest BCUT2D eigenvalue weighted by atomic mass is 10.2. The molecular weight excluding hydrogens is 409 g/mol. The van der Waals surface area contributed by atoms with Crippen LogP contribution in [0.2, 0.25) is 0 Å². The minimum absolute atomic E-state index is 0. The molecule has 0 amide bonds. The van der Waals surface area contributed by atoms with Gasteiger partial charge in [-0.25, -0.2) is 4.99 Å². The van der Waals surface area contributed by atoms with E-state index in [4.69, 9.17) is 4.74 Å². The van der Waals surface area contributed by atoms with Crippen molar-refractivity contribution in [3.05, 3.63) is 52.2 Å². The van der Waals surface area contributed by atoms with Crippen LogP contribution >= 0.6 is 35.3 Å². The van der Waals surface area contributed by atoms with E-state index < -0.39 is 0 Å². The molecule has 0 bridgehead atoms. The van der Waals surface area contributed by atoms with Crippen molar-refractivity contribution in [2.24, 2.45) is 4.99 Å². The molecule has 0 fully saturated rings. The van der Waals surface area contributed by atoms with Gasteiger partial charge in [0.15, 0.2) is 5.96 Å². The number of aliphatic imine (C=N–C) groups is 1. The third-order valence-corrected chi connectivity index (χ3v) is 3.71. The number of para-hydroxylation sites is 1. The molecule has 6 heteroatoms. The maximum Gasteiger partial charge on any atom is 0.191 e. The predicted molar refractivity (Wildman–Crippen MR) is 104 cm³/mol. The van der Waals surface area contributed by atoms with Gasteiger partial charge in [0.25, 0.3) is 0 Å². The van der Waals surface area contributed by atoms with Crippen molar-refractivity contribution in [1.29, 1.82) is 0 Å². The monoisotopic (exact) mass is 431 g/mol. The number of methoxy groups -OCH3 is 1. The van der Waals surface area contributed by atoms with Gasteiger partial charge in [0.1, 0.15) is 5.75 Å². The largest absolute Gasteiger partial charge is 0.496 e. The van der Waals surface area contributed by atoms with E-state index in [0.717, 1.165) is 23.8 Å². The molecule has 0 saturated heterocycles. The lowest BCUT2D eigenvalue weighted by Gasteiger charge is -2.13. The summed E-state index contributed by atoms with van der Waals surface area (Å²) >= 11 is 1.69. The van der Waals surface area contributed by atoms with Crippen molar-refractivity contribution in [3.63, 3.8) is 0 Å². The normalized spacial score (nSPS) is 10.7. The number of guanidine groups is 1. The highest BCUT2D eigenvalue weighted by molar-refractivity contribution is 14.0. The third-order valence-electron chi connectivity index (χ3n) is 2.98. The maximum atomic E-state index is 5.36. The molecule has 22 heavy (non-hydrogen) atoms. The molecule has 2 aromatic rings. The molecule has 1 aromatic carbocycles. The van der Waals surface area contributed by atoms with E-state index in [9.17, 15) is 0 Å². The Labute approximate surface area is 153 Å². The van der Waals surface area contributed by atoms with Crippen LogP contribution in [0, 0.1) is 0 Å². The van der Waals surface area contributed by atoms with Gasteiger partial charge in [-0.2, -0.15) is 11.3 Å². The smallest absolute Gasteiger partial charge is 0.191 e. The molecule has 1 aromatic heterocycles. The second-order valence-corrected chi connectivity index (χ2v) is 5.27. The van der Waals surface area contributed by atoms with E-state index in [1.807, 2.05) is 24.3 Å². The Morgan fingerprint density at radius 1 is 1.23 bits per heavy atom. The Morgan fingerprint density at radius 2 is 2.05 bits per heavy atom. The van der Waals surface area contributed by atoms with Crippen molar-refractivity contribution in [3.8, 4) is 5.75 Å². The molecule has 4 nitrogen and oxygen atoms in total. The van der Waals surface area contributed by atoms with Gasteiger partial charge < -0.3 is 15.4 Å². The van der Waals surface area contributed by atoms with E-state index >= 15 is 0 Å². The molecule has 0 aliphatic carbocycles. The zero-order valence-electron chi connectivity index (χ0n) is 12.8. The summed E-state index contributed by atoms with van der Waals surface area (Å²) in [4.78, 5) is 4.59. The molecule has 2 N–H and O–H groups in total. The molecule has 0 spiro atoms. The first-order valence-corrected chi connectivity index (χ1v) is 7.93. The standard InChI is InChI=1S/C16H21N3OS.HI/c1-3-17-16(18-10-13-8-9-21-12-13)19-11-14-6-4-5-7-15(14)20-2;/h4-9,12H,3,10-11H2,1-2H3,(H2,17,18,19);1H. The predicted octanol–water partition coefficient (Wildman–Crippen LogP) is 3.63. The van der Waals surface area contributed by atoms with Crippen LogP contribution in [0.25, 0.3) is 0 Å². The lowest BCUT2D eigenvalue weighted by Crippen LogP contribution is -2.36. The van der Waals surface area contributed by atoms with Crippen LogP contribution in [0.15, 0.2) is 46.1 Å². The van der Waals surface area contributed by atoms with Crippen molar-refractivity contribution in [1.82, 2.24) is 10.6 Å². The first-order chi connectivity index (χ1) is 10.3. The number of thiophene rings is 1. The highest BCUT2D eigenvalue weighted by Gasteiger charge is 2.03. The summed E-state index contributed by atoms with van der Waals surface area (Å²) in [6.45, 7) is 4.26. The average Bonchev–Trinajstić information content (AvgIpc) is 3.03. The minimum Gasteiger partial charge on any atom is -0.496 e. The van der Waals surface area contributed by atoms with Crippen molar-refractivity contribution in [2.75, 3.05) is 13.7 Å². The summed E-state index contributed by atoms with van der Waals surface area (Å²) in [5.74, 6) is 1.70. The summed E-state index contributed by atoms with van der Waals surface area (Å²) in [6.07, 6.45) is 0. The molecule has 0 radical (unpaired) electrons. The van der Waals surface area contributed by atoms with Crippen LogP contribution in [0.1, 0.15) is 18.1 Å². The van der Waals surface area contributed by atoms with Crippen LogP contribution in [0.5, 0.6) is 5.75 Å². The molecule has 0 saturated carbocycles. The van der Waals surface area contributed by atoms with Crippen LogP contribution in [-0.4, -0.2) is 19.6 Å². The Bertz CT molecular complexity index is 573. The van der Waals surface area contributed by atoms with Crippen LogP contribution < -0.4 is 15.4 Å². The summed E-state index contributed by atoms with van der Waals surface area (Å²) < 4.78 is 5.36. The van der Waals surface area contributed by atoms with Gasteiger partial charge in [0.05, 0.1) is 13.7 Å². The number of nitrogens with one attached hydrogen (secondary N) is 2. The molecule has 0 unspecified atom stereocenters. The topological polar surface area (TPSA) is 45.7 Å². The number of ether oxygens (including phenoxy) is 1. The fourth-order valence-electron chi connectivity index (χ4n) is 1.92. The second kappa shape index (κ2) is 10.4. The zero-order valence-corrected chi connectivity index (χ0v) is 16.0. The summed E-state index contributed by atoms with van der Waals surface area (Å²) in [5, 5.41) is 10.8. The van der Waals surface area contributed by atoms with E-state index in [0.29, 0.717) is 13.1 Å². The first kappa shape index (κ1) is 18.8.